The molecule has 0 aromatic heterocycles. The van der Waals surface area contributed by atoms with Crippen molar-refractivity contribution in [1.82, 2.24) is 4.90 Å². The third-order valence-corrected chi connectivity index (χ3v) is 6.94. The second-order valence-electron chi connectivity index (χ2n) is 8.63. The van der Waals surface area contributed by atoms with Gasteiger partial charge in [0.1, 0.15) is 0 Å². The fourth-order valence-corrected chi connectivity index (χ4v) is 5.23. The normalized spacial score (nSPS) is 26.1. The molecule has 4 nitrogen and oxygen atoms in total. The van der Waals surface area contributed by atoms with E-state index in [4.69, 9.17) is 0 Å². The van der Waals surface area contributed by atoms with Crippen LogP contribution in [0.2, 0.25) is 0 Å². The van der Waals surface area contributed by atoms with E-state index in [9.17, 15) is 9.90 Å². The standard InChI is InChI=1S/C24H28N2O2/c1-25-21-10-9-18(17-5-3-2-4-6-17)14-20(21)24-19(22(25)15-27)11-12-26(24)23(28)13-16-7-8-16/h2-6,9-10,14,16,19,22,24,27H,7-8,11-13,15H2,1H3/t19-,22+,24-/m0/s1. The summed E-state index contributed by atoms with van der Waals surface area (Å²) in [5, 5.41) is 10.1. The highest BCUT2D eigenvalue weighted by atomic mass is 16.3. The predicted molar refractivity (Wildman–Crippen MR) is 111 cm³/mol. The van der Waals surface area contributed by atoms with Crippen molar-refractivity contribution in [3.63, 3.8) is 0 Å². The molecule has 2 aromatic rings. The van der Waals surface area contributed by atoms with Gasteiger partial charge in [-0.05, 0) is 54.0 Å². The number of fused-ring (bicyclic) bond motifs is 3. The summed E-state index contributed by atoms with van der Waals surface area (Å²) in [6.07, 6.45) is 4.05. The van der Waals surface area contributed by atoms with Gasteiger partial charge in [-0.3, -0.25) is 4.79 Å². The molecule has 0 spiro atoms. The molecular formula is C24H28N2O2. The molecular weight excluding hydrogens is 348 g/mol. The summed E-state index contributed by atoms with van der Waals surface area (Å²) in [6.45, 7) is 0.933. The molecule has 0 unspecified atom stereocenters. The summed E-state index contributed by atoms with van der Waals surface area (Å²) in [5.74, 6) is 1.19. The minimum atomic E-state index is 0.0683. The number of carbonyl (C=O) groups excluding carboxylic acids is 1. The molecule has 146 valence electrons. The number of benzene rings is 2. The van der Waals surface area contributed by atoms with Crippen LogP contribution in [0.5, 0.6) is 0 Å². The Labute approximate surface area is 166 Å². The van der Waals surface area contributed by atoms with Crippen LogP contribution in [0.15, 0.2) is 48.5 Å². The van der Waals surface area contributed by atoms with Crippen molar-refractivity contribution in [3.8, 4) is 11.1 Å². The monoisotopic (exact) mass is 376 g/mol. The average Bonchev–Trinajstić information content (AvgIpc) is 3.43. The van der Waals surface area contributed by atoms with E-state index in [1.807, 2.05) is 6.07 Å². The summed E-state index contributed by atoms with van der Waals surface area (Å²) in [4.78, 5) is 17.4. The fourth-order valence-electron chi connectivity index (χ4n) is 5.23. The Balaban J connectivity index is 1.57. The van der Waals surface area contributed by atoms with Crippen molar-refractivity contribution in [2.24, 2.45) is 11.8 Å². The van der Waals surface area contributed by atoms with Gasteiger partial charge in [0.15, 0.2) is 0 Å². The maximum absolute atomic E-state index is 13.0. The number of anilines is 1. The molecule has 1 amide bonds. The Hall–Kier alpha value is -2.33. The zero-order chi connectivity index (χ0) is 19.3. The number of nitrogens with zero attached hydrogens (tertiary/aromatic N) is 2. The lowest BCUT2D eigenvalue weighted by molar-refractivity contribution is -0.133. The first-order valence-electron chi connectivity index (χ1n) is 10.5. The van der Waals surface area contributed by atoms with Gasteiger partial charge in [-0.2, -0.15) is 0 Å². The summed E-state index contributed by atoms with van der Waals surface area (Å²) in [7, 11) is 2.08. The van der Waals surface area contributed by atoms with E-state index >= 15 is 0 Å². The van der Waals surface area contributed by atoms with E-state index in [2.05, 4.69) is 59.3 Å². The number of likely N-dealkylation sites (N-methyl/N-ethyl adjacent to an activating group) is 1. The summed E-state index contributed by atoms with van der Waals surface area (Å²) in [5.41, 5.74) is 4.77. The second-order valence-corrected chi connectivity index (χ2v) is 8.63. The van der Waals surface area contributed by atoms with Crippen LogP contribution in [0, 0.1) is 11.8 Å². The van der Waals surface area contributed by atoms with Crippen LogP contribution in [-0.4, -0.2) is 42.2 Å². The Bertz CT molecular complexity index is 877. The number of hydrogen-bond donors (Lipinski definition) is 1. The van der Waals surface area contributed by atoms with Gasteiger partial charge in [-0.25, -0.2) is 0 Å². The predicted octanol–water partition coefficient (Wildman–Crippen LogP) is 3.85. The van der Waals surface area contributed by atoms with Gasteiger partial charge in [0.05, 0.1) is 18.7 Å². The molecule has 2 aromatic carbocycles. The molecule has 2 fully saturated rings. The first-order valence-corrected chi connectivity index (χ1v) is 10.5. The van der Waals surface area contributed by atoms with Crippen molar-refractivity contribution >= 4 is 11.6 Å². The molecule has 1 N–H and O–H groups in total. The quantitative estimate of drug-likeness (QED) is 0.881. The molecule has 1 aliphatic carbocycles. The number of rotatable bonds is 4. The molecule has 1 saturated carbocycles. The molecule has 0 radical (unpaired) electrons. The SMILES string of the molecule is CN1c2ccc(-c3ccccc3)cc2[C@@H]2[C@@H](CCN2C(=O)CC2CC2)[C@H]1CO. The minimum absolute atomic E-state index is 0.0683. The first-order chi connectivity index (χ1) is 13.7. The Morgan fingerprint density at radius 2 is 1.86 bits per heavy atom. The fraction of sp³-hybridized carbons (Fsp3) is 0.458. The number of aliphatic hydroxyl groups is 1. The molecule has 5 rings (SSSR count). The molecule has 4 heteroatoms. The highest BCUT2D eigenvalue weighted by Gasteiger charge is 2.48. The zero-order valence-electron chi connectivity index (χ0n) is 16.4. The lowest BCUT2D eigenvalue weighted by Crippen LogP contribution is -2.48. The van der Waals surface area contributed by atoms with Crippen molar-refractivity contribution in [2.75, 3.05) is 25.1 Å². The van der Waals surface area contributed by atoms with Crippen LogP contribution in [0.25, 0.3) is 11.1 Å². The lowest BCUT2D eigenvalue weighted by atomic mass is 9.81. The van der Waals surface area contributed by atoms with Crippen LogP contribution < -0.4 is 4.90 Å². The number of aliphatic hydroxyl groups excluding tert-OH is 1. The number of amides is 1. The van der Waals surface area contributed by atoms with Gasteiger partial charge in [0.25, 0.3) is 0 Å². The van der Waals surface area contributed by atoms with Gasteiger partial charge in [0.2, 0.25) is 5.91 Å². The van der Waals surface area contributed by atoms with Crippen molar-refractivity contribution < 1.29 is 9.90 Å². The van der Waals surface area contributed by atoms with Gasteiger partial charge < -0.3 is 14.9 Å². The molecule has 3 aliphatic rings. The Morgan fingerprint density at radius 3 is 2.57 bits per heavy atom. The van der Waals surface area contributed by atoms with E-state index in [-0.39, 0.29) is 24.6 Å². The summed E-state index contributed by atoms with van der Waals surface area (Å²) in [6, 6.07) is 17.2. The van der Waals surface area contributed by atoms with Gasteiger partial charge in [-0.1, -0.05) is 36.4 Å². The summed E-state index contributed by atoms with van der Waals surface area (Å²) >= 11 is 0. The first kappa shape index (κ1) is 17.7. The third-order valence-electron chi connectivity index (χ3n) is 6.94. The van der Waals surface area contributed by atoms with Gasteiger partial charge >= 0.3 is 0 Å². The maximum atomic E-state index is 13.0. The zero-order valence-corrected chi connectivity index (χ0v) is 16.4. The topological polar surface area (TPSA) is 43.8 Å². The number of hydrogen-bond acceptors (Lipinski definition) is 3. The van der Waals surface area contributed by atoms with E-state index in [1.54, 1.807) is 0 Å². The molecule has 0 bridgehead atoms. The minimum Gasteiger partial charge on any atom is -0.394 e. The summed E-state index contributed by atoms with van der Waals surface area (Å²) < 4.78 is 0. The Morgan fingerprint density at radius 1 is 1.07 bits per heavy atom. The number of likely N-dealkylation sites (tertiary alicyclic amines) is 1. The van der Waals surface area contributed by atoms with Crippen LogP contribution in [0.4, 0.5) is 5.69 Å². The second kappa shape index (κ2) is 6.93. The molecule has 3 atom stereocenters. The van der Waals surface area contributed by atoms with Gasteiger partial charge in [0, 0.05) is 31.6 Å². The van der Waals surface area contributed by atoms with Crippen LogP contribution in [0.1, 0.15) is 37.3 Å². The van der Waals surface area contributed by atoms with Crippen LogP contribution in [0.3, 0.4) is 0 Å². The largest absolute Gasteiger partial charge is 0.394 e. The highest BCUT2D eigenvalue weighted by molar-refractivity contribution is 5.79. The Kier molecular flexibility index (Phi) is 4.39. The van der Waals surface area contributed by atoms with Gasteiger partial charge in [-0.15, -0.1) is 0 Å². The lowest BCUT2D eigenvalue weighted by Gasteiger charge is -2.44. The molecule has 28 heavy (non-hydrogen) atoms. The smallest absolute Gasteiger partial charge is 0.223 e. The molecule has 1 saturated heterocycles. The van der Waals surface area contributed by atoms with E-state index < -0.39 is 0 Å². The van der Waals surface area contributed by atoms with Crippen molar-refractivity contribution in [1.29, 1.82) is 0 Å². The third kappa shape index (κ3) is 2.91. The van der Waals surface area contributed by atoms with E-state index in [1.165, 1.54) is 29.5 Å². The number of carbonyl (C=O) groups is 1. The van der Waals surface area contributed by atoms with E-state index in [0.717, 1.165) is 18.7 Å². The van der Waals surface area contributed by atoms with Crippen molar-refractivity contribution in [3.05, 3.63) is 54.1 Å². The van der Waals surface area contributed by atoms with Crippen LogP contribution >= 0.6 is 0 Å². The van der Waals surface area contributed by atoms with E-state index in [0.29, 0.717) is 18.2 Å². The average molecular weight is 377 g/mol. The van der Waals surface area contributed by atoms with Crippen LogP contribution in [-0.2, 0) is 4.79 Å². The molecule has 2 aliphatic heterocycles. The molecule has 2 heterocycles. The highest BCUT2D eigenvalue weighted by Crippen LogP contribution is 2.50. The maximum Gasteiger partial charge on any atom is 0.223 e. The van der Waals surface area contributed by atoms with Crippen molar-refractivity contribution in [2.45, 2.75) is 37.8 Å².